The topological polar surface area (TPSA) is 158 Å². The van der Waals surface area contributed by atoms with Gasteiger partial charge in [-0.25, -0.2) is 30.4 Å². The second-order valence-electron chi connectivity index (χ2n) is 11.1. The molecule has 3 aliphatic rings. The first-order valence-electron chi connectivity index (χ1n) is 16.1. The highest BCUT2D eigenvalue weighted by Gasteiger charge is 2.25. The van der Waals surface area contributed by atoms with E-state index >= 15 is 0 Å². The maximum Gasteiger partial charge on any atom is 0.427 e. The van der Waals surface area contributed by atoms with Crippen LogP contribution in [0.25, 0.3) is 11.1 Å². The number of aromatic amines is 2. The molecule has 12 nitrogen and oxygen atoms in total. The van der Waals surface area contributed by atoms with Crippen LogP contribution < -0.4 is 10.9 Å². The molecule has 2 aromatic heterocycles. The summed E-state index contributed by atoms with van der Waals surface area (Å²) in [6.45, 7) is 3.85. The summed E-state index contributed by atoms with van der Waals surface area (Å²) >= 11 is 0. The summed E-state index contributed by atoms with van der Waals surface area (Å²) in [7, 11) is 0. The molecule has 8 bridgehead atoms. The Bertz CT molecular complexity index is 2060. The number of amides is 2. The molecular formula is C38H32N8O4. The molecule has 248 valence electrons. The molecule has 4 aromatic rings. The number of benzene rings is 2. The number of nitrogens with one attached hydrogen (secondary N) is 4. The highest BCUT2D eigenvalue weighted by Crippen LogP contribution is 2.33. The van der Waals surface area contributed by atoms with Crippen molar-refractivity contribution in [3.05, 3.63) is 155 Å². The summed E-state index contributed by atoms with van der Waals surface area (Å²) in [6.07, 6.45) is 6.17. The van der Waals surface area contributed by atoms with Gasteiger partial charge in [0, 0.05) is 22.5 Å². The number of carbonyl (C=O) groups is 2. The van der Waals surface area contributed by atoms with Crippen molar-refractivity contribution >= 4 is 46.2 Å². The number of aliphatic imine (C=N–C) groups is 2. The van der Waals surface area contributed by atoms with Crippen molar-refractivity contribution < 1.29 is 19.1 Å². The number of hydrazone groups is 2. The van der Waals surface area contributed by atoms with Crippen molar-refractivity contribution in [1.29, 1.82) is 0 Å². The van der Waals surface area contributed by atoms with Gasteiger partial charge < -0.3 is 19.4 Å². The number of hydrogen-bond donors (Lipinski definition) is 4. The van der Waals surface area contributed by atoms with E-state index in [1.54, 1.807) is 13.8 Å². The van der Waals surface area contributed by atoms with Crippen LogP contribution in [0.3, 0.4) is 0 Å². The molecule has 4 N–H and O–H groups in total. The molecule has 50 heavy (non-hydrogen) atoms. The quantitative estimate of drug-likeness (QED) is 0.174. The zero-order valence-corrected chi connectivity index (χ0v) is 27.2. The van der Waals surface area contributed by atoms with Crippen molar-refractivity contribution in [2.45, 2.75) is 13.8 Å². The molecule has 5 heterocycles. The maximum absolute atomic E-state index is 12.4. The summed E-state index contributed by atoms with van der Waals surface area (Å²) in [4.78, 5) is 41.8. The highest BCUT2D eigenvalue weighted by molar-refractivity contribution is 6.53. The average Bonchev–Trinajstić information content (AvgIpc) is 3.97. The van der Waals surface area contributed by atoms with E-state index < -0.39 is 12.2 Å². The van der Waals surface area contributed by atoms with Crippen LogP contribution >= 0.6 is 0 Å². The van der Waals surface area contributed by atoms with Crippen molar-refractivity contribution in [3.8, 4) is 0 Å². The molecule has 2 amide bonds. The minimum atomic E-state index is -0.680. The van der Waals surface area contributed by atoms with Crippen molar-refractivity contribution in [2.75, 3.05) is 13.2 Å². The van der Waals surface area contributed by atoms with Gasteiger partial charge in [0.1, 0.15) is 11.4 Å². The summed E-state index contributed by atoms with van der Waals surface area (Å²) in [5, 5.41) is 8.95. The zero-order chi connectivity index (χ0) is 34.5. The van der Waals surface area contributed by atoms with Gasteiger partial charge in [0.15, 0.2) is 0 Å². The minimum absolute atomic E-state index is 0.199. The van der Waals surface area contributed by atoms with E-state index in [1.807, 2.05) is 109 Å². The maximum atomic E-state index is 12.4. The Hall–Kier alpha value is -6.82. The molecule has 7 rings (SSSR count). The van der Waals surface area contributed by atoms with E-state index in [0.717, 1.165) is 33.7 Å². The third-order valence-corrected chi connectivity index (χ3v) is 7.89. The third kappa shape index (κ3) is 6.49. The van der Waals surface area contributed by atoms with Gasteiger partial charge in [0.05, 0.1) is 47.4 Å². The number of allylic oxidation sites excluding steroid dienone is 4. The average molecular weight is 665 g/mol. The fourth-order valence-electron chi connectivity index (χ4n) is 5.76. The van der Waals surface area contributed by atoms with Gasteiger partial charge in [0.2, 0.25) is 0 Å². The molecule has 2 aromatic carbocycles. The number of rotatable bonds is 6. The Kier molecular flexibility index (Phi) is 8.97. The van der Waals surface area contributed by atoms with Gasteiger partial charge >= 0.3 is 12.2 Å². The highest BCUT2D eigenvalue weighted by atomic mass is 16.6. The van der Waals surface area contributed by atoms with Gasteiger partial charge in [-0.15, -0.1) is 0 Å². The van der Waals surface area contributed by atoms with Crippen LogP contribution in [0.5, 0.6) is 0 Å². The van der Waals surface area contributed by atoms with Crippen LogP contribution in [0.2, 0.25) is 0 Å². The van der Waals surface area contributed by atoms with E-state index in [1.165, 1.54) is 0 Å². The second-order valence-corrected chi connectivity index (χ2v) is 11.1. The van der Waals surface area contributed by atoms with E-state index in [2.05, 4.69) is 31.0 Å². The van der Waals surface area contributed by atoms with Crippen LogP contribution in [0.15, 0.2) is 141 Å². The number of H-pyrrole nitrogens is 2. The van der Waals surface area contributed by atoms with Gasteiger partial charge in [-0.05, 0) is 73.5 Å². The molecule has 0 aliphatic carbocycles. The van der Waals surface area contributed by atoms with Crippen LogP contribution in [-0.4, -0.2) is 58.2 Å². The predicted octanol–water partition coefficient (Wildman–Crippen LogP) is 6.50. The number of nitrogens with zero attached hydrogens (tertiary/aromatic N) is 4. The molecule has 0 spiro atoms. The van der Waals surface area contributed by atoms with Gasteiger partial charge in [-0.1, -0.05) is 60.7 Å². The first kappa shape index (κ1) is 31.8. The molecule has 0 radical (unpaired) electrons. The monoisotopic (exact) mass is 664 g/mol. The third-order valence-electron chi connectivity index (χ3n) is 7.89. The molecule has 12 heteroatoms. The number of fused-ring (bicyclic) bond motifs is 6. The van der Waals surface area contributed by atoms with E-state index in [0.29, 0.717) is 45.6 Å². The molecule has 0 atom stereocenters. The molecule has 3 aliphatic heterocycles. The summed E-state index contributed by atoms with van der Waals surface area (Å²) in [6, 6.07) is 27.4. The predicted molar refractivity (Wildman–Crippen MR) is 193 cm³/mol. The van der Waals surface area contributed by atoms with E-state index in [-0.39, 0.29) is 13.2 Å². The van der Waals surface area contributed by atoms with Crippen LogP contribution in [-0.2, 0) is 9.47 Å². The lowest BCUT2D eigenvalue weighted by atomic mass is 10.0. The van der Waals surface area contributed by atoms with Crippen LogP contribution in [0, 0.1) is 0 Å². The second kappa shape index (κ2) is 14.1. The fraction of sp³-hybridized carbons (Fsp3) is 0.105. The number of hydrogen-bond acceptors (Lipinski definition) is 8. The van der Waals surface area contributed by atoms with Gasteiger partial charge in [0.25, 0.3) is 0 Å². The Morgan fingerprint density at radius 3 is 1.38 bits per heavy atom. The lowest BCUT2D eigenvalue weighted by molar-refractivity contribution is 0.151. The number of ether oxygens (including phenoxy) is 2. The Morgan fingerprint density at radius 1 is 0.580 bits per heavy atom. The number of carbonyl (C=O) groups excluding carboxylic acids is 2. The zero-order valence-electron chi connectivity index (χ0n) is 27.2. The standard InChI is InChI=1S/C38H32N8O4/c1-3-49-37(47)45-43-35-29-19-15-25(39-29)33(23-11-7-5-8-12-23)27-17-21-31(41-27)36(44-46-38(48)50-4-2)32-22-18-28(42-32)34(24-13-9-6-10-14-24)26-16-20-30(35)40-26/h5-22,39,42H,3-4H2,1-2H3,(H,45,47)(H,46,48)/b33-27?,34-26?,43-35+,44-36-. The Balaban J connectivity index is 1.48. The lowest BCUT2D eigenvalue weighted by Gasteiger charge is -2.11. The minimum Gasteiger partial charge on any atom is -0.449 e. The molecular weight excluding hydrogens is 632 g/mol. The van der Waals surface area contributed by atoms with Crippen molar-refractivity contribution in [1.82, 2.24) is 20.8 Å². The van der Waals surface area contributed by atoms with Crippen LogP contribution in [0.1, 0.15) is 47.8 Å². The number of aromatic nitrogens is 2. The molecule has 0 unspecified atom stereocenters. The van der Waals surface area contributed by atoms with Crippen molar-refractivity contribution in [2.24, 2.45) is 20.2 Å². The van der Waals surface area contributed by atoms with Gasteiger partial charge in [-0.2, -0.15) is 10.2 Å². The SMILES string of the molecule is CCOC(=O)N/N=C1/C2=NC(=C(c3ccccc3)c3ccc([nH]3)/C(=N\NC(=O)OCC)C3=NC(=C(c4ccccc4)c4ccc1[nH]4)C=C3)C=C2. The molecule has 0 saturated heterocycles. The normalized spacial score (nSPS) is 16.5. The van der Waals surface area contributed by atoms with Gasteiger partial charge in [-0.3, -0.25) is 0 Å². The summed E-state index contributed by atoms with van der Waals surface area (Å²) in [5.74, 6) is 0. The first-order chi connectivity index (χ1) is 24.5. The van der Waals surface area contributed by atoms with Crippen LogP contribution in [0.4, 0.5) is 9.59 Å². The first-order valence-corrected chi connectivity index (χ1v) is 16.1. The van der Waals surface area contributed by atoms with E-state index in [4.69, 9.17) is 19.5 Å². The van der Waals surface area contributed by atoms with Crippen molar-refractivity contribution in [3.63, 3.8) is 0 Å². The summed E-state index contributed by atoms with van der Waals surface area (Å²) < 4.78 is 10.2. The Morgan fingerprint density at radius 2 is 0.980 bits per heavy atom. The molecule has 0 saturated carbocycles. The lowest BCUT2D eigenvalue weighted by Crippen LogP contribution is -2.24. The smallest absolute Gasteiger partial charge is 0.427 e. The largest absolute Gasteiger partial charge is 0.449 e. The molecule has 0 fully saturated rings. The fourth-order valence-corrected chi connectivity index (χ4v) is 5.76. The van der Waals surface area contributed by atoms with E-state index in [9.17, 15) is 9.59 Å². The Labute approximate surface area is 287 Å². The summed E-state index contributed by atoms with van der Waals surface area (Å²) in [5.41, 5.74) is 14.4.